The molecule has 0 aliphatic rings. The van der Waals surface area contributed by atoms with Gasteiger partial charge in [-0.3, -0.25) is 9.59 Å². The molecule has 25 heavy (non-hydrogen) atoms. The number of rotatable bonds is 8. The zero-order chi connectivity index (χ0) is 18.8. The molecule has 0 aromatic heterocycles. The second kappa shape index (κ2) is 9.86. The number of hydrogen-bond donors (Lipinski definition) is 3. The maximum absolute atomic E-state index is 12.3. The summed E-state index contributed by atoms with van der Waals surface area (Å²) in [6.45, 7) is 3.16. The number of carbonyl (C=O) groups excluding carboxylic acids is 3. The molecule has 8 heteroatoms. The normalized spacial score (nSPS) is 11.6. The maximum atomic E-state index is 12.3. The van der Waals surface area contributed by atoms with Gasteiger partial charge in [0.25, 0.3) is 5.91 Å². The number of anilines is 1. The number of para-hydroxylation sites is 1. The van der Waals surface area contributed by atoms with E-state index in [0.717, 1.165) is 6.08 Å². The first-order valence-electron chi connectivity index (χ1n) is 7.58. The fraction of sp³-hybridized carbons (Fsp3) is 0.294. The minimum Gasteiger partial charge on any atom is -0.480 e. The van der Waals surface area contributed by atoms with E-state index in [1.807, 2.05) is 0 Å². The minimum atomic E-state index is -1.25. The van der Waals surface area contributed by atoms with Crippen molar-refractivity contribution in [2.24, 2.45) is 0 Å². The first kappa shape index (κ1) is 19.9. The molecule has 0 saturated carbocycles. The van der Waals surface area contributed by atoms with E-state index in [9.17, 15) is 24.3 Å². The second-order valence-corrected chi connectivity index (χ2v) is 4.98. The maximum Gasteiger partial charge on any atom is 0.330 e. The van der Waals surface area contributed by atoms with E-state index in [1.54, 1.807) is 19.1 Å². The van der Waals surface area contributed by atoms with Crippen LogP contribution in [0.2, 0.25) is 0 Å². The van der Waals surface area contributed by atoms with Crippen molar-refractivity contribution < 1.29 is 29.0 Å². The van der Waals surface area contributed by atoms with Crippen LogP contribution in [0.4, 0.5) is 5.69 Å². The number of hydrogen-bond acceptors (Lipinski definition) is 5. The molecule has 1 atom stereocenters. The minimum absolute atomic E-state index is 0.0950. The Morgan fingerprint density at radius 1 is 1.24 bits per heavy atom. The Kier molecular flexibility index (Phi) is 7.85. The van der Waals surface area contributed by atoms with Gasteiger partial charge >= 0.3 is 11.9 Å². The highest BCUT2D eigenvalue weighted by Gasteiger charge is 2.21. The molecule has 0 spiro atoms. The van der Waals surface area contributed by atoms with Crippen LogP contribution < -0.4 is 10.6 Å². The van der Waals surface area contributed by atoms with Gasteiger partial charge in [-0.1, -0.05) is 18.2 Å². The third kappa shape index (κ3) is 6.86. The van der Waals surface area contributed by atoms with Crippen molar-refractivity contribution in [1.29, 1.82) is 0 Å². The largest absolute Gasteiger partial charge is 0.480 e. The Bertz CT molecular complexity index is 683. The summed E-state index contributed by atoms with van der Waals surface area (Å²) < 4.78 is 4.69. The highest BCUT2D eigenvalue weighted by Crippen LogP contribution is 2.15. The summed E-state index contributed by atoms with van der Waals surface area (Å²) in [6, 6.07) is 5.00. The zero-order valence-electron chi connectivity index (χ0n) is 13.9. The molecule has 0 heterocycles. The summed E-state index contributed by atoms with van der Waals surface area (Å²) in [5.74, 6) is -2.85. The van der Waals surface area contributed by atoms with E-state index >= 15 is 0 Å². The highest BCUT2D eigenvalue weighted by atomic mass is 16.5. The van der Waals surface area contributed by atoms with E-state index in [4.69, 9.17) is 0 Å². The van der Waals surface area contributed by atoms with Gasteiger partial charge in [0, 0.05) is 13.0 Å². The molecular weight excluding hydrogens is 328 g/mol. The fourth-order valence-electron chi connectivity index (χ4n) is 1.93. The Labute approximate surface area is 144 Å². The molecule has 0 fully saturated rings. The molecule has 3 N–H and O–H groups in total. The monoisotopic (exact) mass is 348 g/mol. The van der Waals surface area contributed by atoms with Crippen LogP contribution in [-0.4, -0.2) is 41.5 Å². The first-order chi connectivity index (χ1) is 11.8. The van der Waals surface area contributed by atoms with Gasteiger partial charge in [0.05, 0.1) is 17.9 Å². The van der Waals surface area contributed by atoms with Crippen molar-refractivity contribution in [3.63, 3.8) is 0 Å². The van der Waals surface area contributed by atoms with Gasteiger partial charge < -0.3 is 20.5 Å². The van der Waals surface area contributed by atoms with Gasteiger partial charge in [-0.25, -0.2) is 9.59 Å². The van der Waals surface area contributed by atoms with Crippen molar-refractivity contribution in [1.82, 2.24) is 5.32 Å². The predicted octanol–water partition coefficient (Wildman–Crippen LogP) is 1.34. The average Bonchev–Trinajstić information content (AvgIpc) is 2.53. The smallest absolute Gasteiger partial charge is 0.330 e. The van der Waals surface area contributed by atoms with Crippen LogP contribution in [0.1, 0.15) is 30.6 Å². The van der Waals surface area contributed by atoms with Gasteiger partial charge in [-0.2, -0.15) is 0 Å². The number of esters is 1. The molecule has 8 nitrogen and oxygen atoms in total. The summed E-state index contributed by atoms with van der Waals surface area (Å²) in [4.78, 5) is 46.0. The lowest BCUT2D eigenvalue weighted by molar-refractivity contribution is -0.139. The van der Waals surface area contributed by atoms with Crippen molar-refractivity contribution in [2.75, 3.05) is 11.9 Å². The molecule has 1 rings (SSSR count). The number of carboxylic acids is 1. The third-order valence-electron chi connectivity index (χ3n) is 3.00. The van der Waals surface area contributed by atoms with E-state index in [1.165, 1.54) is 25.1 Å². The molecule has 134 valence electrons. The van der Waals surface area contributed by atoms with Crippen LogP contribution in [0.5, 0.6) is 0 Å². The number of nitrogens with one attached hydrogen (secondary N) is 2. The number of aliphatic carboxylic acids is 1. The molecule has 1 aromatic rings. The van der Waals surface area contributed by atoms with Gasteiger partial charge in [0.15, 0.2) is 0 Å². The second-order valence-electron chi connectivity index (χ2n) is 4.98. The molecule has 0 aliphatic heterocycles. The van der Waals surface area contributed by atoms with E-state index in [2.05, 4.69) is 15.4 Å². The fourth-order valence-corrected chi connectivity index (χ4v) is 1.93. The quantitative estimate of drug-likeness (QED) is 0.481. The van der Waals surface area contributed by atoms with E-state index in [0.29, 0.717) is 0 Å². The Balaban J connectivity index is 2.82. The highest BCUT2D eigenvalue weighted by molar-refractivity contribution is 6.04. The van der Waals surface area contributed by atoms with Gasteiger partial charge in [0.2, 0.25) is 5.91 Å². The molecular formula is C17H20N2O6. The van der Waals surface area contributed by atoms with Crippen LogP contribution in [0.25, 0.3) is 0 Å². The third-order valence-corrected chi connectivity index (χ3v) is 3.00. The standard InChI is InChI=1S/C17H20N2O6/c1-3-25-15(21)10-6-9-14(17(23)24)19-16(22)12-7-4-5-8-13(12)18-11(2)20/h4-8,10,14H,3,9H2,1-2H3,(H,18,20)(H,19,22)(H,23,24)/b10-6+/t14-/m0/s1. The molecule has 0 saturated heterocycles. The SMILES string of the molecule is CCOC(=O)/C=C/C[C@H](NC(=O)c1ccccc1NC(C)=O)C(=O)O. The lowest BCUT2D eigenvalue weighted by Crippen LogP contribution is -2.40. The van der Waals surface area contributed by atoms with Crippen LogP contribution in [0.3, 0.4) is 0 Å². The summed E-state index contributed by atoms with van der Waals surface area (Å²) in [5.41, 5.74) is 0.414. The Morgan fingerprint density at radius 2 is 1.92 bits per heavy atom. The lowest BCUT2D eigenvalue weighted by atomic mass is 10.1. The lowest BCUT2D eigenvalue weighted by Gasteiger charge is -2.15. The average molecular weight is 348 g/mol. The topological polar surface area (TPSA) is 122 Å². The van der Waals surface area contributed by atoms with E-state index < -0.39 is 23.9 Å². The van der Waals surface area contributed by atoms with Crippen LogP contribution in [0, 0.1) is 0 Å². The summed E-state index contributed by atoms with van der Waals surface area (Å²) in [7, 11) is 0. The Hall–Kier alpha value is -3.16. The van der Waals surface area contributed by atoms with Gasteiger partial charge in [-0.05, 0) is 25.5 Å². The first-order valence-corrected chi connectivity index (χ1v) is 7.58. The van der Waals surface area contributed by atoms with Crippen molar-refractivity contribution in [2.45, 2.75) is 26.3 Å². The molecule has 1 aromatic carbocycles. The summed E-state index contributed by atoms with van der Waals surface area (Å²) >= 11 is 0. The molecule has 0 unspecified atom stereocenters. The number of carbonyl (C=O) groups is 4. The van der Waals surface area contributed by atoms with Crippen LogP contribution in [0.15, 0.2) is 36.4 Å². The van der Waals surface area contributed by atoms with Gasteiger partial charge in [-0.15, -0.1) is 0 Å². The number of benzene rings is 1. The summed E-state index contributed by atoms with van der Waals surface area (Å²) in [6.07, 6.45) is 2.33. The van der Waals surface area contributed by atoms with Crippen LogP contribution in [-0.2, 0) is 19.1 Å². The molecule has 2 amide bonds. The van der Waals surface area contributed by atoms with E-state index in [-0.39, 0.29) is 30.2 Å². The van der Waals surface area contributed by atoms with Crippen molar-refractivity contribution >= 4 is 29.4 Å². The van der Waals surface area contributed by atoms with Gasteiger partial charge in [0.1, 0.15) is 6.04 Å². The molecule has 0 aliphatic carbocycles. The molecule has 0 radical (unpaired) electrons. The zero-order valence-corrected chi connectivity index (χ0v) is 13.9. The predicted molar refractivity (Wildman–Crippen MR) is 90.0 cm³/mol. The number of carboxylic acid groups (broad SMARTS) is 1. The number of ether oxygens (including phenoxy) is 1. The Morgan fingerprint density at radius 3 is 2.52 bits per heavy atom. The van der Waals surface area contributed by atoms with Crippen LogP contribution >= 0.6 is 0 Å². The number of amides is 2. The molecule has 0 bridgehead atoms. The van der Waals surface area contributed by atoms with Crippen molar-refractivity contribution in [3.8, 4) is 0 Å². The van der Waals surface area contributed by atoms with Crippen molar-refractivity contribution in [3.05, 3.63) is 42.0 Å². The summed E-state index contributed by atoms with van der Waals surface area (Å²) in [5, 5.41) is 14.1.